The fourth-order valence-corrected chi connectivity index (χ4v) is 4.75. The maximum Gasteiger partial charge on any atom is 0.152 e. The first-order chi connectivity index (χ1) is 13.3. The van der Waals surface area contributed by atoms with Gasteiger partial charge in [-0.3, -0.25) is 4.90 Å². The second kappa shape index (κ2) is 6.93. The highest BCUT2D eigenvalue weighted by atomic mass is 15.3. The monoisotopic (exact) mass is 362 g/mol. The highest BCUT2D eigenvalue weighted by molar-refractivity contribution is 5.33. The zero-order chi connectivity index (χ0) is 18.2. The van der Waals surface area contributed by atoms with Crippen molar-refractivity contribution in [3.63, 3.8) is 0 Å². The van der Waals surface area contributed by atoms with Crippen LogP contribution >= 0.6 is 0 Å². The molecular formula is C21H26N6. The Hall–Kier alpha value is -2.47. The maximum absolute atomic E-state index is 4.57. The van der Waals surface area contributed by atoms with Crippen molar-refractivity contribution in [3.05, 3.63) is 65.8 Å². The van der Waals surface area contributed by atoms with Crippen molar-refractivity contribution in [2.45, 2.75) is 44.2 Å². The molecule has 27 heavy (non-hydrogen) atoms. The molecule has 0 spiro atoms. The number of nitrogens with zero attached hydrogens (tertiary/aromatic N) is 6. The van der Waals surface area contributed by atoms with Gasteiger partial charge < -0.3 is 9.13 Å². The summed E-state index contributed by atoms with van der Waals surface area (Å²) in [6, 6.07) is 9.57. The van der Waals surface area contributed by atoms with Crippen molar-refractivity contribution in [2.75, 3.05) is 13.1 Å². The minimum atomic E-state index is 0.469. The van der Waals surface area contributed by atoms with Gasteiger partial charge in [0.15, 0.2) is 5.82 Å². The molecule has 1 aromatic carbocycles. The summed E-state index contributed by atoms with van der Waals surface area (Å²) >= 11 is 0. The second-order valence-electron chi connectivity index (χ2n) is 7.93. The molecule has 1 saturated heterocycles. The Kier molecular flexibility index (Phi) is 4.28. The fraction of sp³-hybridized carbons (Fsp3) is 0.476. The number of likely N-dealkylation sites (tertiary alicyclic amines) is 1. The van der Waals surface area contributed by atoms with E-state index in [1.54, 1.807) is 6.20 Å². The largest absolute Gasteiger partial charge is 0.330 e. The van der Waals surface area contributed by atoms with Crippen LogP contribution in [-0.2, 0) is 26.4 Å². The molecule has 6 heteroatoms. The molecule has 0 bridgehead atoms. The molecule has 0 saturated carbocycles. The van der Waals surface area contributed by atoms with E-state index in [2.05, 4.69) is 56.0 Å². The molecular weight excluding hydrogens is 336 g/mol. The molecule has 2 aliphatic rings. The first kappa shape index (κ1) is 16.7. The van der Waals surface area contributed by atoms with Crippen molar-refractivity contribution < 1.29 is 0 Å². The standard InChI is InChI=1S/C21H26N6/c1-25-20(14-26-10-8-22-15-26)23-24-21(25)18-7-4-9-27(13-18)19-11-16-5-2-3-6-17(16)12-19/h2-3,5-6,8,10,15,18-19H,4,7,9,11-14H2,1H3. The molecule has 1 aliphatic carbocycles. The first-order valence-electron chi connectivity index (χ1n) is 9.92. The van der Waals surface area contributed by atoms with Gasteiger partial charge in [0.1, 0.15) is 5.82 Å². The van der Waals surface area contributed by atoms with Crippen molar-refractivity contribution in [1.29, 1.82) is 0 Å². The summed E-state index contributed by atoms with van der Waals surface area (Å²) in [5.41, 5.74) is 3.07. The third kappa shape index (κ3) is 3.18. The van der Waals surface area contributed by atoms with Gasteiger partial charge in [-0.05, 0) is 43.4 Å². The third-order valence-electron chi connectivity index (χ3n) is 6.25. The Balaban J connectivity index is 1.30. The highest BCUT2D eigenvalue weighted by Gasteiger charge is 2.32. The number of benzene rings is 1. The average Bonchev–Trinajstić information content (AvgIpc) is 3.43. The van der Waals surface area contributed by atoms with Gasteiger partial charge in [0.2, 0.25) is 0 Å². The van der Waals surface area contributed by atoms with Crippen LogP contribution in [0.3, 0.4) is 0 Å². The molecule has 0 amide bonds. The van der Waals surface area contributed by atoms with Gasteiger partial charge in [-0.1, -0.05) is 24.3 Å². The molecule has 140 valence electrons. The van der Waals surface area contributed by atoms with Crippen LogP contribution in [-0.4, -0.2) is 48.3 Å². The van der Waals surface area contributed by atoms with E-state index in [1.165, 1.54) is 43.4 Å². The predicted molar refractivity (Wildman–Crippen MR) is 104 cm³/mol. The number of rotatable bonds is 4. The first-order valence-corrected chi connectivity index (χ1v) is 9.92. The van der Waals surface area contributed by atoms with E-state index >= 15 is 0 Å². The summed E-state index contributed by atoms with van der Waals surface area (Å²) in [7, 11) is 2.10. The van der Waals surface area contributed by atoms with Crippen LogP contribution in [0, 0.1) is 0 Å². The molecule has 3 aromatic rings. The van der Waals surface area contributed by atoms with E-state index in [0.29, 0.717) is 12.0 Å². The van der Waals surface area contributed by atoms with Crippen LogP contribution in [0.4, 0.5) is 0 Å². The zero-order valence-corrected chi connectivity index (χ0v) is 15.8. The van der Waals surface area contributed by atoms with E-state index in [9.17, 15) is 0 Å². The maximum atomic E-state index is 4.57. The predicted octanol–water partition coefficient (Wildman–Crippen LogP) is 2.41. The molecule has 1 aliphatic heterocycles. The summed E-state index contributed by atoms with van der Waals surface area (Å²) in [6.07, 6.45) is 10.4. The summed E-state index contributed by atoms with van der Waals surface area (Å²) in [4.78, 5) is 6.81. The number of piperidine rings is 1. The van der Waals surface area contributed by atoms with Crippen LogP contribution in [0.25, 0.3) is 0 Å². The fourth-order valence-electron chi connectivity index (χ4n) is 4.75. The minimum absolute atomic E-state index is 0.469. The van der Waals surface area contributed by atoms with E-state index in [1.807, 2.05) is 17.1 Å². The normalized spacial score (nSPS) is 20.9. The topological polar surface area (TPSA) is 51.8 Å². The van der Waals surface area contributed by atoms with Crippen LogP contribution in [0.1, 0.15) is 41.5 Å². The molecule has 1 unspecified atom stereocenters. The van der Waals surface area contributed by atoms with E-state index in [0.717, 1.165) is 24.7 Å². The number of fused-ring (bicyclic) bond motifs is 1. The Bertz CT molecular complexity index is 888. The van der Waals surface area contributed by atoms with E-state index < -0.39 is 0 Å². The number of imidazole rings is 1. The van der Waals surface area contributed by atoms with E-state index in [-0.39, 0.29) is 0 Å². The Labute approximate surface area is 159 Å². The number of aromatic nitrogens is 5. The molecule has 1 atom stereocenters. The zero-order valence-electron chi connectivity index (χ0n) is 15.8. The van der Waals surface area contributed by atoms with Crippen molar-refractivity contribution in [3.8, 4) is 0 Å². The Morgan fingerprint density at radius 1 is 1.11 bits per heavy atom. The van der Waals surface area contributed by atoms with Crippen molar-refractivity contribution >= 4 is 0 Å². The molecule has 1 fully saturated rings. The lowest BCUT2D eigenvalue weighted by Gasteiger charge is -2.36. The second-order valence-corrected chi connectivity index (χ2v) is 7.93. The third-order valence-corrected chi connectivity index (χ3v) is 6.25. The van der Waals surface area contributed by atoms with Crippen molar-refractivity contribution in [1.82, 2.24) is 29.2 Å². The molecule has 3 heterocycles. The van der Waals surface area contributed by atoms with Gasteiger partial charge >= 0.3 is 0 Å². The molecule has 5 rings (SSSR count). The SMILES string of the molecule is Cn1c(Cn2ccnc2)nnc1C1CCCN(C2Cc3ccccc3C2)C1. The molecule has 0 N–H and O–H groups in total. The summed E-state index contributed by atoms with van der Waals surface area (Å²) in [5.74, 6) is 2.59. The summed E-state index contributed by atoms with van der Waals surface area (Å²) in [6.45, 7) is 3.02. The van der Waals surface area contributed by atoms with Gasteiger partial charge in [0.25, 0.3) is 0 Å². The lowest BCUT2D eigenvalue weighted by atomic mass is 9.95. The highest BCUT2D eigenvalue weighted by Crippen LogP contribution is 2.32. The van der Waals surface area contributed by atoms with Crippen LogP contribution in [0.5, 0.6) is 0 Å². The van der Waals surface area contributed by atoms with Crippen LogP contribution in [0.15, 0.2) is 43.0 Å². The quantitative estimate of drug-likeness (QED) is 0.715. The Morgan fingerprint density at radius 2 is 1.93 bits per heavy atom. The van der Waals surface area contributed by atoms with Crippen molar-refractivity contribution in [2.24, 2.45) is 7.05 Å². The number of hydrogen-bond acceptors (Lipinski definition) is 4. The smallest absolute Gasteiger partial charge is 0.152 e. The minimum Gasteiger partial charge on any atom is -0.330 e. The summed E-state index contributed by atoms with van der Waals surface area (Å²) in [5, 5.41) is 9.04. The van der Waals surface area contributed by atoms with Crippen LogP contribution < -0.4 is 0 Å². The lowest BCUT2D eigenvalue weighted by molar-refractivity contribution is 0.148. The lowest BCUT2D eigenvalue weighted by Crippen LogP contribution is -2.43. The van der Waals surface area contributed by atoms with E-state index in [4.69, 9.17) is 0 Å². The van der Waals surface area contributed by atoms with Crippen LogP contribution in [0.2, 0.25) is 0 Å². The molecule has 2 aromatic heterocycles. The van der Waals surface area contributed by atoms with Gasteiger partial charge in [0, 0.05) is 37.9 Å². The van der Waals surface area contributed by atoms with Gasteiger partial charge in [-0.25, -0.2) is 4.98 Å². The molecule has 6 nitrogen and oxygen atoms in total. The van der Waals surface area contributed by atoms with Gasteiger partial charge in [-0.15, -0.1) is 10.2 Å². The summed E-state index contributed by atoms with van der Waals surface area (Å²) < 4.78 is 4.23. The Morgan fingerprint density at radius 3 is 2.67 bits per heavy atom. The molecule has 0 radical (unpaired) electrons. The number of hydrogen-bond donors (Lipinski definition) is 0. The van der Waals surface area contributed by atoms with Gasteiger partial charge in [0.05, 0.1) is 12.9 Å². The average molecular weight is 362 g/mol. The van der Waals surface area contributed by atoms with Gasteiger partial charge in [-0.2, -0.15) is 0 Å².